The lowest BCUT2D eigenvalue weighted by Crippen LogP contribution is -2.40. The van der Waals surface area contributed by atoms with Crippen molar-refractivity contribution in [1.82, 2.24) is 4.90 Å². The Labute approximate surface area is 122 Å². The smallest absolute Gasteiger partial charge is 0.423 e. The molecular weight excluding hydrogens is 249 g/mol. The van der Waals surface area contributed by atoms with Gasteiger partial charge in [-0.05, 0) is 48.3 Å². The van der Waals surface area contributed by atoms with Gasteiger partial charge in [0.05, 0.1) is 0 Å². The van der Waals surface area contributed by atoms with Crippen LogP contribution in [0.4, 0.5) is 0 Å². The minimum absolute atomic E-state index is 0.394. The van der Waals surface area contributed by atoms with Crippen molar-refractivity contribution in [2.75, 3.05) is 13.1 Å². The molecule has 0 aromatic heterocycles. The van der Waals surface area contributed by atoms with Gasteiger partial charge in [-0.1, -0.05) is 45.0 Å². The molecule has 4 heteroatoms. The van der Waals surface area contributed by atoms with E-state index in [4.69, 9.17) is 0 Å². The molecule has 0 spiro atoms. The fourth-order valence-corrected chi connectivity index (χ4v) is 3.13. The number of hydrogen-bond donors (Lipinski definition) is 2. The van der Waals surface area contributed by atoms with Gasteiger partial charge < -0.3 is 10.0 Å². The van der Waals surface area contributed by atoms with Crippen molar-refractivity contribution in [3.8, 4) is 0 Å². The molecule has 2 N–H and O–H groups in total. The molecule has 0 atom stereocenters. The monoisotopic (exact) mass is 275 g/mol. The highest BCUT2D eigenvalue weighted by molar-refractivity contribution is 6.59. The molecule has 1 heterocycles. The maximum Gasteiger partial charge on any atom is 0.488 e. The van der Waals surface area contributed by atoms with Crippen LogP contribution in [0.1, 0.15) is 39.2 Å². The molecule has 0 saturated carbocycles. The third-order valence-corrected chi connectivity index (χ3v) is 4.54. The van der Waals surface area contributed by atoms with E-state index >= 15 is 0 Å². The first-order valence-corrected chi connectivity index (χ1v) is 7.54. The molecule has 0 unspecified atom stereocenters. The average Bonchev–Trinajstić information content (AvgIpc) is 2.38. The van der Waals surface area contributed by atoms with Crippen molar-refractivity contribution in [2.45, 2.75) is 40.2 Å². The van der Waals surface area contributed by atoms with Crippen LogP contribution < -0.4 is 5.46 Å². The first-order valence-electron chi connectivity index (χ1n) is 7.54. The van der Waals surface area contributed by atoms with Gasteiger partial charge in [0.1, 0.15) is 0 Å². The van der Waals surface area contributed by atoms with Crippen LogP contribution in [0.25, 0.3) is 0 Å². The summed E-state index contributed by atoms with van der Waals surface area (Å²) in [5, 5.41) is 18.8. The molecule has 1 aromatic rings. The van der Waals surface area contributed by atoms with Gasteiger partial charge >= 0.3 is 7.12 Å². The Balaban J connectivity index is 1.96. The normalized spacial score (nSPS) is 18.2. The zero-order valence-corrected chi connectivity index (χ0v) is 12.8. The lowest BCUT2D eigenvalue weighted by atomic mass is 9.74. The van der Waals surface area contributed by atoms with Gasteiger partial charge in [0.25, 0.3) is 0 Å². The minimum Gasteiger partial charge on any atom is -0.423 e. The van der Waals surface area contributed by atoms with Crippen LogP contribution in [0.3, 0.4) is 0 Å². The van der Waals surface area contributed by atoms with Gasteiger partial charge in [-0.15, -0.1) is 0 Å². The second-order valence-corrected chi connectivity index (χ2v) is 6.99. The van der Waals surface area contributed by atoms with Gasteiger partial charge in [0.15, 0.2) is 0 Å². The van der Waals surface area contributed by atoms with E-state index in [2.05, 4.69) is 25.7 Å². The largest absolute Gasteiger partial charge is 0.488 e. The molecule has 20 heavy (non-hydrogen) atoms. The first kappa shape index (κ1) is 15.6. The van der Waals surface area contributed by atoms with Crippen molar-refractivity contribution in [3.05, 3.63) is 29.8 Å². The van der Waals surface area contributed by atoms with Gasteiger partial charge in [-0.25, -0.2) is 0 Å². The van der Waals surface area contributed by atoms with Crippen molar-refractivity contribution in [2.24, 2.45) is 11.3 Å². The molecule has 1 fully saturated rings. The number of nitrogens with zero attached hydrogens (tertiary/aromatic N) is 1. The van der Waals surface area contributed by atoms with E-state index in [0.717, 1.165) is 31.1 Å². The summed E-state index contributed by atoms with van der Waals surface area (Å²) in [6.45, 7) is 9.97. The van der Waals surface area contributed by atoms with Crippen LogP contribution in [0.15, 0.2) is 24.3 Å². The Hall–Kier alpha value is -0.835. The van der Waals surface area contributed by atoms with E-state index in [-0.39, 0.29) is 0 Å². The lowest BCUT2D eigenvalue weighted by Gasteiger charge is -2.39. The van der Waals surface area contributed by atoms with Crippen LogP contribution in [0.2, 0.25) is 0 Å². The van der Waals surface area contributed by atoms with Crippen LogP contribution in [-0.4, -0.2) is 35.2 Å². The van der Waals surface area contributed by atoms with Crippen molar-refractivity contribution < 1.29 is 10.0 Å². The van der Waals surface area contributed by atoms with E-state index in [9.17, 15) is 10.0 Å². The fraction of sp³-hybridized carbons (Fsp3) is 0.625. The molecule has 110 valence electrons. The molecular formula is C16H26BNO2. The van der Waals surface area contributed by atoms with Gasteiger partial charge in [-0.3, -0.25) is 4.90 Å². The molecule has 0 radical (unpaired) electrons. The number of rotatable bonds is 3. The average molecular weight is 275 g/mol. The number of benzene rings is 1. The summed E-state index contributed by atoms with van der Waals surface area (Å²) in [5.74, 6) is 0.789. The second kappa shape index (κ2) is 6.29. The third kappa shape index (κ3) is 3.84. The maximum atomic E-state index is 9.42. The van der Waals surface area contributed by atoms with Gasteiger partial charge in [0.2, 0.25) is 0 Å². The Morgan fingerprint density at radius 1 is 1.15 bits per heavy atom. The topological polar surface area (TPSA) is 43.7 Å². The van der Waals surface area contributed by atoms with Gasteiger partial charge in [-0.2, -0.15) is 0 Å². The summed E-state index contributed by atoms with van der Waals surface area (Å²) in [6.07, 6.45) is 2.46. The summed E-state index contributed by atoms with van der Waals surface area (Å²) in [7, 11) is -1.38. The minimum atomic E-state index is -1.38. The van der Waals surface area contributed by atoms with E-state index in [1.807, 2.05) is 18.2 Å². The summed E-state index contributed by atoms with van der Waals surface area (Å²) in [6, 6.07) is 7.60. The molecule has 3 nitrogen and oxygen atoms in total. The summed E-state index contributed by atoms with van der Waals surface area (Å²) < 4.78 is 0. The summed E-state index contributed by atoms with van der Waals surface area (Å²) in [4.78, 5) is 2.42. The van der Waals surface area contributed by atoms with E-state index in [1.165, 1.54) is 12.8 Å². The Bertz CT molecular complexity index is 434. The Morgan fingerprint density at radius 3 is 2.30 bits per heavy atom. The quantitative estimate of drug-likeness (QED) is 0.824. The van der Waals surface area contributed by atoms with Crippen LogP contribution in [0.5, 0.6) is 0 Å². The SMILES string of the molecule is CC(C)(C)C1CCN(Cc2ccccc2B(O)O)CC1. The van der Waals surface area contributed by atoms with Crippen LogP contribution in [-0.2, 0) is 6.54 Å². The predicted octanol–water partition coefficient (Wildman–Crippen LogP) is 1.62. The Morgan fingerprint density at radius 2 is 1.75 bits per heavy atom. The number of piperidine rings is 1. The lowest BCUT2D eigenvalue weighted by molar-refractivity contribution is 0.108. The predicted molar refractivity (Wildman–Crippen MR) is 83.7 cm³/mol. The summed E-state index contributed by atoms with van der Waals surface area (Å²) in [5.41, 5.74) is 2.05. The van der Waals surface area contributed by atoms with Gasteiger partial charge in [0, 0.05) is 6.54 Å². The molecule has 1 aliphatic heterocycles. The first-order chi connectivity index (χ1) is 9.38. The maximum absolute atomic E-state index is 9.42. The molecule has 0 amide bonds. The molecule has 0 bridgehead atoms. The summed E-state index contributed by atoms with van der Waals surface area (Å²) >= 11 is 0. The number of likely N-dealkylation sites (tertiary alicyclic amines) is 1. The molecule has 2 rings (SSSR count). The highest BCUT2D eigenvalue weighted by Gasteiger charge is 2.29. The molecule has 1 aromatic carbocycles. The molecule has 0 aliphatic carbocycles. The van der Waals surface area contributed by atoms with Crippen molar-refractivity contribution in [1.29, 1.82) is 0 Å². The second-order valence-electron chi connectivity index (χ2n) is 6.99. The highest BCUT2D eigenvalue weighted by atomic mass is 16.4. The fourth-order valence-electron chi connectivity index (χ4n) is 3.13. The van der Waals surface area contributed by atoms with Crippen molar-refractivity contribution in [3.63, 3.8) is 0 Å². The van der Waals surface area contributed by atoms with Crippen LogP contribution >= 0.6 is 0 Å². The Kier molecular flexibility index (Phi) is 4.89. The van der Waals surface area contributed by atoms with Crippen molar-refractivity contribution >= 4 is 12.6 Å². The molecule has 1 aliphatic rings. The van der Waals surface area contributed by atoms with E-state index in [0.29, 0.717) is 10.9 Å². The zero-order chi connectivity index (χ0) is 14.8. The van der Waals surface area contributed by atoms with Crippen LogP contribution in [0, 0.1) is 11.3 Å². The zero-order valence-electron chi connectivity index (χ0n) is 12.8. The van der Waals surface area contributed by atoms with E-state index < -0.39 is 7.12 Å². The standard InChI is InChI=1S/C16H26BNO2/c1-16(2,3)14-8-10-18(11-9-14)12-13-6-4-5-7-15(13)17(19)20/h4-7,14,19-20H,8-12H2,1-3H3. The highest BCUT2D eigenvalue weighted by Crippen LogP contribution is 2.34. The third-order valence-electron chi connectivity index (χ3n) is 4.54. The number of hydrogen-bond acceptors (Lipinski definition) is 3. The van der Waals surface area contributed by atoms with E-state index in [1.54, 1.807) is 6.07 Å². The molecule has 1 saturated heterocycles.